The molecule has 0 unspecified atom stereocenters. The van der Waals surface area contributed by atoms with Gasteiger partial charge in [0.1, 0.15) is 11.5 Å². The van der Waals surface area contributed by atoms with Crippen molar-refractivity contribution < 1.29 is 36.4 Å². The van der Waals surface area contributed by atoms with Crippen LogP contribution in [0.2, 0.25) is 0 Å². The van der Waals surface area contributed by atoms with Crippen LogP contribution in [0.5, 0.6) is 11.5 Å². The van der Waals surface area contributed by atoms with E-state index in [1.54, 1.807) is 24.3 Å². The first kappa shape index (κ1) is 26.3. The third-order valence-electron chi connectivity index (χ3n) is 2.82. The van der Waals surface area contributed by atoms with Gasteiger partial charge in [0.25, 0.3) is 0 Å². The number of aromatic hydroxyl groups is 2. The van der Waals surface area contributed by atoms with Crippen LogP contribution in [0.3, 0.4) is 0 Å². The van der Waals surface area contributed by atoms with Gasteiger partial charge >= 0.3 is 26.2 Å². The molecule has 2 aliphatic carbocycles. The molecule has 0 atom stereocenters. The van der Waals surface area contributed by atoms with Crippen LogP contribution in [0.15, 0.2) is 85.0 Å². The van der Waals surface area contributed by atoms with E-state index in [1.807, 2.05) is 48.6 Å². The number of rotatable bonds is 0. The first-order chi connectivity index (χ1) is 12.6. The number of phenols is 2. The van der Waals surface area contributed by atoms with E-state index in [0.717, 1.165) is 20.0 Å². The van der Waals surface area contributed by atoms with Gasteiger partial charge in [-0.3, -0.25) is 12.2 Å². The van der Waals surface area contributed by atoms with Crippen molar-refractivity contribution in [2.24, 2.45) is 0 Å². The maximum Gasteiger partial charge on any atom is 2.00 e. The van der Waals surface area contributed by atoms with Crippen molar-refractivity contribution >= 4 is 45.2 Å². The van der Waals surface area contributed by atoms with Crippen molar-refractivity contribution in [1.82, 2.24) is 0 Å². The molecular weight excluding hydrogens is 641 g/mol. The molecule has 2 nitrogen and oxygen atoms in total. The zero-order valence-corrected chi connectivity index (χ0v) is 21.4. The molecule has 27 heavy (non-hydrogen) atoms. The Bertz CT molecular complexity index is 606. The van der Waals surface area contributed by atoms with Crippen LogP contribution in [0.25, 0.3) is 0 Å². The van der Waals surface area contributed by atoms with E-state index in [1.165, 1.54) is 0 Å². The third kappa shape index (κ3) is 16.0. The Morgan fingerprint density at radius 1 is 0.630 bits per heavy atom. The van der Waals surface area contributed by atoms with Crippen molar-refractivity contribution in [1.29, 1.82) is 0 Å². The second-order valence-electron chi connectivity index (χ2n) is 4.96. The Kier molecular flexibility index (Phi) is 17.0. The molecule has 0 spiro atoms. The van der Waals surface area contributed by atoms with E-state index in [9.17, 15) is 0 Å². The second kappa shape index (κ2) is 17.4. The Morgan fingerprint density at radius 2 is 0.963 bits per heavy atom. The van der Waals surface area contributed by atoms with Gasteiger partial charge in [0.15, 0.2) is 0 Å². The minimum atomic E-state index is 0. The molecule has 0 radical (unpaired) electrons. The number of hydrogen-bond acceptors (Lipinski definition) is 2. The van der Waals surface area contributed by atoms with Crippen LogP contribution >= 0.6 is 45.2 Å². The van der Waals surface area contributed by atoms with E-state index in [-0.39, 0.29) is 26.2 Å². The first-order valence-electron chi connectivity index (χ1n) is 7.90. The Morgan fingerprint density at radius 3 is 1.11 bits per heavy atom. The molecule has 0 bridgehead atoms. The molecule has 0 aliphatic heterocycles. The van der Waals surface area contributed by atoms with E-state index in [2.05, 4.69) is 69.5 Å². The van der Waals surface area contributed by atoms with E-state index in [0.29, 0.717) is 11.5 Å². The van der Waals surface area contributed by atoms with Gasteiger partial charge in [0.2, 0.25) is 0 Å². The summed E-state index contributed by atoms with van der Waals surface area (Å²) < 4.78 is 2.28. The zero-order chi connectivity index (χ0) is 19.0. The fourth-order valence-corrected chi connectivity index (χ4v) is 2.28. The SMILES string of the molecule is Oc1ccc(I)cc1.Oc1ccc(I)cc1.[C-]1=CC=CC1.[C-]1=CC=CC1.[Zr+2]. The van der Waals surface area contributed by atoms with Gasteiger partial charge in [-0.25, -0.2) is 24.3 Å². The second-order valence-corrected chi connectivity index (χ2v) is 7.45. The Hall–Kier alpha value is -0.657. The van der Waals surface area contributed by atoms with Crippen LogP contribution in [0.4, 0.5) is 0 Å². The smallest absolute Gasteiger partial charge is 0.508 e. The molecule has 5 heteroatoms. The van der Waals surface area contributed by atoms with Gasteiger partial charge in [0, 0.05) is 7.14 Å². The monoisotopic (exact) mass is 660 g/mol. The normalized spacial score (nSPS) is 11.9. The molecular formula is C22H20I2O2Zr. The van der Waals surface area contributed by atoms with Crippen LogP contribution in [-0.4, -0.2) is 10.2 Å². The molecule has 0 saturated heterocycles. The molecule has 4 rings (SSSR count). The quantitative estimate of drug-likeness (QED) is 0.247. The number of allylic oxidation sites excluding steroid dienone is 8. The molecule has 138 valence electrons. The molecule has 2 aliphatic rings. The maximum absolute atomic E-state index is 8.75. The van der Waals surface area contributed by atoms with Crippen molar-refractivity contribution in [3.8, 4) is 11.5 Å². The fourth-order valence-electron chi connectivity index (χ4n) is 1.56. The van der Waals surface area contributed by atoms with Crippen LogP contribution in [0, 0.1) is 19.3 Å². The van der Waals surface area contributed by atoms with Crippen molar-refractivity contribution in [2.75, 3.05) is 0 Å². The summed E-state index contributed by atoms with van der Waals surface area (Å²) in [6, 6.07) is 14.1. The topological polar surface area (TPSA) is 40.5 Å². The van der Waals surface area contributed by atoms with Gasteiger partial charge in [-0.15, -0.1) is 12.8 Å². The van der Waals surface area contributed by atoms with Gasteiger partial charge in [-0.1, -0.05) is 0 Å². The number of benzene rings is 2. The fraction of sp³-hybridized carbons (Fsp3) is 0.0909. The molecule has 0 heterocycles. The predicted molar refractivity (Wildman–Crippen MR) is 125 cm³/mol. The standard InChI is InChI=1S/2C6H5IO.2C5H5.Zr/c2*7-5-1-3-6(8)4-2-5;2*1-2-4-5-3-1;/h2*1-4,8H;2*1-3H,4H2;/q;;2*-1;+2. The van der Waals surface area contributed by atoms with Crippen molar-refractivity contribution in [3.63, 3.8) is 0 Å². The van der Waals surface area contributed by atoms with Gasteiger partial charge in [0.05, 0.1) is 0 Å². The van der Waals surface area contributed by atoms with Gasteiger partial charge in [-0.05, 0) is 93.7 Å². The summed E-state index contributed by atoms with van der Waals surface area (Å²) in [5.41, 5.74) is 0. The summed E-state index contributed by atoms with van der Waals surface area (Å²) in [5, 5.41) is 17.5. The summed E-state index contributed by atoms with van der Waals surface area (Å²) in [4.78, 5) is 0. The summed E-state index contributed by atoms with van der Waals surface area (Å²) >= 11 is 4.37. The molecule has 0 saturated carbocycles. The van der Waals surface area contributed by atoms with Crippen molar-refractivity contribution in [3.05, 3.63) is 104 Å². The largest absolute Gasteiger partial charge is 2.00 e. The van der Waals surface area contributed by atoms with E-state index < -0.39 is 0 Å². The van der Waals surface area contributed by atoms with Crippen molar-refractivity contribution in [2.45, 2.75) is 12.8 Å². The first-order valence-corrected chi connectivity index (χ1v) is 10.1. The van der Waals surface area contributed by atoms with E-state index >= 15 is 0 Å². The molecule has 2 aromatic rings. The molecule has 0 aromatic heterocycles. The summed E-state index contributed by atoms with van der Waals surface area (Å²) in [5.74, 6) is 0.649. The Labute approximate surface area is 208 Å². The minimum Gasteiger partial charge on any atom is -0.508 e. The molecule has 2 aromatic carbocycles. The minimum absolute atomic E-state index is 0. The zero-order valence-electron chi connectivity index (χ0n) is 14.6. The summed E-state index contributed by atoms with van der Waals surface area (Å²) in [7, 11) is 0. The molecule has 0 amide bonds. The third-order valence-corrected chi connectivity index (χ3v) is 4.26. The average molecular weight is 661 g/mol. The van der Waals surface area contributed by atoms with Crippen LogP contribution in [0.1, 0.15) is 12.8 Å². The van der Waals surface area contributed by atoms with Gasteiger partial charge < -0.3 is 10.2 Å². The molecule has 0 fully saturated rings. The number of hydrogen-bond donors (Lipinski definition) is 2. The predicted octanol–water partition coefficient (Wildman–Crippen LogP) is 6.60. The Balaban J connectivity index is 0.000000337. The average Bonchev–Trinajstić information content (AvgIpc) is 3.39. The van der Waals surface area contributed by atoms with Crippen LogP contribution in [-0.2, 0) is 26.2 Å². The van der Waals surface area contributed by atoms with E-state index in [4.69, 9.17) is 10.2 Å². The summed E-state index contributed by atoms with van der Waals surface area (Å²) in [6.07, 6.45) is 20.0. The van der Waals surface area contributed by atoms with Gasteiger partial charge in [-0.2, -0.15) is 12.2 Å². The maximum atomic E-state index is 8.75. The summed E-state index contributed by atoms with van der Waals surface area (Å²) in [6.45, 7) is 0. The van der Waals surface area contributed by atoms with Crippen LogP contribution < -0.4 is 0 Å². The number of phenolic OH excluding ortho intramolecular Hbond substituents is 2. The molecule has 2 N–H and O–H groups in total. The number of halogens is 2.